The number of pyridine rings is 1. The van der Waals surface area contributed by atoms with Crippen molar-refractivity contribution in [3.63, 3.8) is 0 Å². The number of anilines is 2. The van der Waals surface area contributed by atoms with E-state index in [9.17, 15) is 10.1 Å². The summed E-state index contributed by atoms with van der Waals surface area (Å²) in [5.41, 5.74) is 6.97. The van der Waals surface area contributed by atoms with Crippen LogP contribution in [0.3, 0.4) is 0 Å². The summed E-state index contributed by atoms with van der Waals surface area (Å²) in [5, 5.41) is 11.4. The number of hydrogen-bond acceptors (Lipinski definition) is 8. The molecular formula is C16H21BrN6O3. The molecule has 2 aromatic rings. The van der Waals surface area contributed by atoms with Gasteiger partial charge < -0.3 is 15.1 Å². The largest absolute Gasteiger partial charge is 0.448 e. The Morgan fingerprint density at radius 1 is 1.38 bits per heavy atom. The van der Waals surface area contributed by atoms with E-state index in [2.05, 4.69) is 30.8 Å². The molecule has 0 radical (unpaired) electrons. The van der Waals surface area contributed by atoms with E-state index in [4.69, 9.17) is 10.2 Å². The van der Waals surface area contributed by atoms with Gasteiger partial charge in [-0.15, -0.1) is 0 Å². The number of rotatable bonds is 5. The van der Waals surface area contributed by atoms with Gasteiger partial charge in [-0.05, 0) is 15.9 Å². The summed E-state index contributed by atoms with van der Waals surface area (Å²) in [5.74, 6) is 0.931. The quantitative estimate of drug-likeness (QED) is 0.575. The number of nitro groups is 1. The molecule has 0 amide bonds. The van der Waals surface area contributed by atoms with Crippen molar-refractivity contribution in [3.05, 3.63) is 38.6 Å². The Balaban J connectivity index is 1.69. The van der Waals surface area contributed by atoms with Gasteiger partial charge in [0, 0.05) is 44.8 Å². The highest BCUT2D eigenvalue weighted by Gasteiger charge is 2.29. The lowest BCUT2D eigenvalue weighted by Gasteiger charge is -2.35. The van der Waals surface area contributed by atoms with E-state index in [-0.39, 0.29) is 17.4 Å². The van der Waals surface area contributed by atoms with Gasteiger partial charge in [0.05, 0.1) is 15.1 Å². The van der Waals surface area contributed by atoms with Crippen LogP contribution in [0.5, 0.6) is 0 Å². The van der Waals surface area contributed by atoms with E-state index >= 15 is 0 Å². The molecule has 10 heteroatoms. The topological polar surface area (TPSA) is 115 Å². The predicted molar refractivity (Wildman–Crippen MR) is 101 cm³/mol. The van der Waals surface area contributed by atoms with Gasteiger partial charge in [0.15, 0.2) is 5.89 Å². The summed E-state index contributed by atoms with van der Waals surface area (Å²) in [4.78, 5) is 23.5. The summed E-state index contributed by atoms with van der Waals surface area (Å²) >= 11 is 3.37. The summed E-state index contributed by atoms with van der Waals surface area (Å²) in [6.07, 6.45) is 3.21. The van der Waals surface area contributed by atoms with Crippen molar-refractivity contribution in [3.8, 4) is 0 Å². The Morgan fingerprint density at radius 3 is 2.65 bits per heavy atom. The number of oxazole rings is 1. The Bertz CT molecular complexity index is 801. The van der Waals surface area contributed by atoms with Crippen LogP contribution >= 0.6 is 15.9 Å². The first kappa shape index (κ1) is 18.6. The van der Waals surface area contributed by atoms with Gasteiger partial charge in [0.1, 0.15) is 12.0 Å². The Kier molecular flexibility index (Phi) is 5.42. The van der Waals surface area contributed by atoms with Crippen molar-refractivity contribution in [2.45, 2.75) is 26.3 Å². The van der Waals surface area contributed by atoms with Gasteiger partial charge in [0.25, 0.3) is 0 Å². The average Bonchev–Trinajstić information content (AvgIpc) is 3.06. The van der Waals surface area contributed by atoms with Crippen molar-refractivity contribution in [1.82, 2.24) is 14.9 Å². The first-order chi connectivity index (χ1) is 12.4. The molecule has 0 spiro atoms. The van der Waals surface area contributed by atoms with Crippen molar-refractivity contribution >= 4 is 33.1 Å². The molecule has 1 aliphatic heterocycles. The fraction of sp³-hybridized carbons (Fsp3) is 0.500. The number of nitrogens with two attached hydrogens (primary N) is 1. The minimum absolute atomic E-state index is 0.0700. The summed E-state index contributed by atoms with van der Waals surface area (Å²) in [6, 6.07) is 0. The van der Waals surface area contributed by atoms with E-state index in [0.717, 1.165) is 24.7 Å². The fourth-order valence-electron chi connectivity index (χ4n) is 2.98. The van der Waals surface area contributed by atoms with E-state index < -0.39 is 4.92 Å². The zero-order chi connectivity index (χ0) is 18.8. The molecule has 9 nitrogen and oxygen atoms in total. The van der Waals surface area contributed by atoms with Crippen molar-refractivity contribution in [2.75, 3.05) is 36.8 Å². The molecule has 0 saturated carbocycles. The minimum Gasteiger partial charge on any atom is -0.448 e. The fourth-order valence-corrected chi connectivity index (χ4v) is 3.52. The standard InChI is InChI=1S/C16H21BrN6O3/c1-10(2)16-20-11(9-26-16)8-21-3-5-22(6-4-21)13-12(17)7-19-15(18)14(13)23(24)25/h7,9-10H,3-6,8H2,1-2H3,(H2,18,19). The summed E-state index contributed by atoms with van der Waals surface area (Å²) in [7, 11) is 0. The molecule has 0 bridgehead atoms. The SMILES string of the molecule is CC(C)c1nc(CN2CCN(c3c(Br)cnc(N)c3[N+](=O)[O-])CC2)co1. The van der Waals surface area contributed by atoms with Crippen LogP contribution < -0.4 is 10.6 Å². The van der Waals surface area contributed by atoms with Gasteiger partial charge >= 0.3 is 5.69 Å². The lowest BCUT2D eigenvalue weighted by atomic mass is 10.2. The Hall–Kier alpha value is -2.20. The van der Waals surface area contributed by atoms with Gasteiger partial charge in [-0.25, -0.2) is 9.97 Å². The number of piperazine rings is 1. The van der Waals surface area contributed by atoms with Crippen LogP contribution in [0.2, 0.25) is 0 Å². The molecule has 0 unspecified atom stereocenters. The van der Waals surface area contributed by atoms with Crippen LogP contribution in [0.1, 0.15) is 31.4 Å². The second-order valence-electron chi connectivity index (χ2n) is 6.54. The first-order valence-corrected chi connectivity index (χ1v) is 9.16. The highest BCUT2D eigenvalue weighted by atomic mass is 79.9. The second-order valence-corrected chi connectivity index (χ2v) is 7.40. The highest BCUT2D eigenvalue weighted by molar-refractivity contribution is 9.10. The van der Waals surface area contributed by atoms with Crippen molar-refractivity contribution in [1.29, 1.82) is 0 Å². The van der Waals surface area contributed by atoms with Gasteiger partial charge in [-0.3, -0.25) is 15.0 Å². The van der Waals surface area contributed by atoms with Crippen LogP contribution in [0, 0.1) is 10.1 Å². The lowest BCUT2D eigenvalue weighted by molar-refractivity contribution is -0.383. The highest BCUT2D eigenvalue weighted by Crippen LogP contribution is 2.39. The van der Waals surface area contributed by atoms with Crippen LogP contribution in [-0.2, 0) is 6.54 Å². The molecule has 2 aromatic heterocycles. The molecular weight excluding hydrogens is 404 g/mol. The molecule has 26 heavy (non-hydrogen) atoms. The molecule has 2 N–H and O–H groups in total. The molecule has 0 aliphatic carbocycles. The number of nitrogen functional groups attached to an aromatic ring is 1. The number of hydrogen-bond donors (Lipinski definition) is 1. The molecule has 140 valence electrons. The Morgan fingerprint density at radius 2 is 2.08 bits per heavy atom. The molecule has 0 atom stereocenters. The molecule has 1 fully saturated rings. The third kappa shape index (κ3) is 3.80. The van der Waals surface area contributed by atoms with Crippen LogP contribution in [0.15, 0.2) is 21.3 Å². The minimum atomic E-state index is -0.475. The van der Waals surface area contributed by atoms with Crippen molar-refractivity contribution in [2.24, 2.45) is 0 Å². The van der Waals surface area contributed by atoms with Gasteiger partial charge in [-0.1, -0.05) is 13.8 Å². The number of nitrogens with zero attached hydrogens (tertiary/aromatic N) is 5. The smallest absolute Gasteiger partial charge is 0.335 e. The third-order valence-electron chi connectivity index (χ3n) is 4.33. The Labute approximate surface area is 159 Å². The maximum atomic E-state index is 11.4. The number of halogens is 1. The number of aromatic nitrogens is 2. The third-order valence-corrected chi connectivity index (χ3v) is 4.91. The van der Waals surface area contributed by atoms with Crippen LogP contribution in [-0.4, -0.2) is 46.0 Å². The average molecular weight is 425 g/mol. The second kappa shape index (κ2) is 7.58. The van der Waals surface area contributed by atoms with E-state index in [1.807, 2.05) is 18.7 Å². The van der Waals surface area contributed by atoms with E-state index in [0.29, 0.717) is 29.8 Å². The molecule has 3 rings (SSSR count). The first-order valence-electron chi connectivity index (χ1n) is 8.36. The molecule has 1 saturated heterocycles. The zero-order valence-electron chi connectivity index (χ0n) is 14.7. The summed E-state index contributed by atoms with van der Waals surface area (Å²) < 4.78 is 6.05. The summed E-state index contributed by atoms with van der Waals surface area (Å²) in [6.45, 7) is 7.60. The zero-order valence-corrected chi connectivity index (χ0v) is 16.3. The van der Waals surface area contributed by atoms with Gasteiger partial charge in [-0.2, -0.15) is 0 Å². The monoisotopic (exact) mass is 424 g/mol. The molecule has 1 aliphatic rings. The van der Waals surface area contributed by atoms with E-state index in [1.165, 1.54) is 6.20 Å². The van der Waals surface area contributed by atoms with E-state index in [1.54, 1.807) is 6.26 Å². The maximum Gasteiger partial charge on any atom is 0.335 e. The van der Waals surface area contributed by atoms with Crippen LogP contribution in [0.25, 0.3) is 0 Å². The van der Waals surface area contributed by atoms with Crippen LogP contribution in [0.4, 0.5) is 17.2 Å². The van der Waals surface area contributed by atoms with Gasteiger partial charge in [0.2, 0.25) is 5.82 Å². The molecule has 3 heterocycles. The molecule has 0 aromatic carbocycles. The maximum absolute atomic E-state index is 11.4. The van der Waals surface area contributed by atoms with Crippen molar-refractivity contribution < 1.29 is 9.34 Å². The predicted octanol–water partition coefficient (Wildman–Crippen LogP) is 2.77. The lowest BCUT2D eigenvalue weighted by Crippen LogP contribution is -2.46. The normalized spacial score (nSPS) is 15.6.